The minimum absolute atomic E-state index is 0.0718. The normalized spacial score (nSPS) is 20.1. The lowest BCUT2D eigenvalue weighted by molar-refractivity contribution is -0.118. The van der Waals surface area contributed by atoms with Crippen molar-refractivity contribution in [2.45, 2.75) is 32.7 Å². The van der Waals surface area contributed by atoms with E-state index in [0.717, 1.165) is 33.3 Å². The number of fused-ring (bicyclic) bond motifs is 1. The van der Waals surface area contributed by atoms with Gasteiger partial charge in [0.1, 0.15) is 6.04 Å². The van der Waals surface area contributed by atoms with E-state index in [1.807, 2.05) is 59.3 Å². The molecule has 29 heavy (non-hydrogen) atoms. The molecule has 1 aliphatic heterocycles. The van der Waals surface area contributed by atoms with Crippen molar-refractivity contribution in [3.8, 4) is 11.4 Å². The molecular formula is C23H21BrN4O. The fraction of sp³-hybridized carbons (Fsp3) is 0.261. The van der Waals surface area contributed by atoms with Gasteiger partial charge in [0, 0.05) is 27.7 Å². The maximum absolute atomic E-state index is 13.2. The van der Waals surface area contributed by atoms with Gasteiger partial charge >= 0.3 is 0 Å². The summed E-state index contributed by atoms with van der Waals surface area (Å²) in [6.07, 6.45) is 1.35. The molecule has 1 aromatic heterocycles. The first-order valence-corrected chi connectivity index (χ1v) is 10.5. The minimum Gasteiger partial charge on any atom is -0.328 e. The van der Waals surface area contributed by atoms with Crippen molar-refractivity contribution in [3.63, 3.8) is 0 Å². The van der Waals surface area contributed by atoms with Crippen LogP contribution >= 0.6 is 15.9 Å². The third kappa shape index (κ3) is 3.21. The molecule has 0 saturated carbocycles. The zero-order chi connectivity index (χ0) is 20.2. The van der Waals surface area contributed by atoms with Gasteiger partial charge in [-0.2, -0.15) is 4.98 Å². The van der Waals surface area contributed by atoms with E-state index in [0.29, 0.717) is 18.2 Å². The van der Waals surface area contributed by atoms with Gasteiger partial charge in [0.05, 0.1) is 0 Å². The van der Waals surface area contributed by atoms with E-state index in [1.54, 1.807) is 0 Å². The van der Waals surface area contributed by atoms with Crippen LogP contribution in [0.1, 0.15) is 38.3 Å². The Morgan fingerprint density at radius 1 is 1.07 bits per heavy atom. The predicted molar refractivity (Wildman–Crippen MR) is 116 cm³/mol. The van der Waals surface area contributed by atoms with E-state index in [9.17, 15) is 4.79 Å². The Labute approximate surface area is 178 Å². The van der Waals surface area contributed by atoms with Crippen LogP contribution in [0.4, 0.5) is 5.95 Å². The molecule has 5 nitrogen and oxygen atoms in total. The fourth-order valence-corrected chi connectivity index (χ4v) is 4.54. The maximum Gasteiger partial charge on any atom is 0.226 e. The molecule has 2 aromatic carbocycles. The van der Waals surface area contributed by atoms with Crippen LogP contribution in [0.25, 0.3) is 11.4 Å². The Morgan fingerprint density at radius 2 is 1.79 bits per heavy atom. The quantitative estimate of drug-likeness (QED) is 0.572. The number of nitrogens with zero attached hydrogens (tertiary/aromatic N) is 3. The summed E-state index contributed by atoms with van der Waals surface area (Å²) >= 11 is 3.51. The molecule has 0 fully saturated rings. The lowest BCUT2D eigenvalue weighted by Gasteiger charge is -2.38. The summed E-state index contributed by atoms with van der Waals surface area (Å²) in [6.45, 7) is 4.28. The SMILES string of the molecule is CC1(C)CC(=O)C2=C(C1)Nc1nc(-c3ccccc3)nn1[C@@H]2c1ccc(Br)cc1. The lowest BCUT2D eigenvalue weighted by atomic mass is 9.73. The summed E-state index contributed by atoms with van der Waals surface area (Å²) in [5.41, 5.74) is 3.69. The van der Waals surface area contributed by atoms with Crippen LogP contribution in [0, 0.1) is 5.41 Å². The number of carbonyl (C=O) groups excluding carboxylic acids is 1. The average molecular weight is 449 g/mol. The van der Waals surface area contributed by atoms with Crippen LogP contribution in [0.2, 0.25) is 0 Å². The summed E-state index contributed by atoms with van der Waals surface area (Å²) in [5.74, 6) is 1.52. The molecule has 0 unspecified atom stereocenters. The van der Waals surface area contributed by atoms with Gasteiger partial charge in [0.2, 0.25) is 5.95 Å². The maximum atomic E-state index is 13.2. The zero-order valence-electron chi connectivity index (χ0n) is 16.3. The van der Waals surface area contributed by atoms with E-state index in [2.05, 4.69) is 35.1 Å². The lowest BCUT2D eigenvalue weighted by Crippen LogP contribution is -2.36. The van der Waals surface area contributed by atoms with E-state index >= 15 is 0 Å². The molecule has 0 saturated heterocycles. The smallest absolute Gasteiger partial charge is 0.226 e. The van der Waals surface area contributed by atoms with Gasteiger partial charge in [-0.3, -0.25) is 4.79 Å². The Bertz CT molecular complexity index is 1130. The third-order valence-electron chi connectivity index (χ3n) is 5.55. The summed E-state index contributed by atoms with van der Waals surface area (Å²) in [7, 11) is 0. The first-order valence-electron chi connectivity index (χ1n) is 9.72. The van der Waals surface area contributed by atoms with Gasteiger partial charge in [0.25, 0.3) is 0 Å². The predicted octanol–water partition coefficient (Wildman–Crippen LogP) is 5.37. The molecule has 3 aromatic rings. The van der Waals surface area contributed by atoms with Crippen LogP contribution in [0.3, 0.4) is 0 Å². The van der Waals surface area contributed by atoms with E-state index in [-0.39, 0.29) is 17.2 Å². The van der Waals surface area contributed by atoms with Crippen LogP contribution in [-0.2, 0) is 4.79 Å². The molecule has 1 N–H and O–H groups in total. The minimum atomic E-state index is -0.275. The van der Waals surface area contributed by atoms with Crippen molar-refractivity contribution in [3.05, 3.63) is 75.9 Å². The second-order valence-corrected chi connectivity index (χ2v) is 9.40. The topological polar surface area (TPSA) is 59.8 Å². The average Bonchev–Trinajstić information content (AvgIpc) is 3.10. The molecule has 0 bridgehead atoms. The van der Waals surface area contributed by atoms with E-state index in [1.165, 1.54) is 0 Å². The molecule has 2 aliphatic rings. The first-order chi connectivity index (χ1) is 13.9. The van der Waals surface area contributed by atoms with Crippen LogP contribution < -0.4 is 5.32 Å². The highest BCUT2D eigenvalue weighted by Gasteiger charge is 2.41. The molecule has 2 heterocycles. The highest BCUT2D eigenvalue weighted by atomic mass is 79.9. The summed E-state index contributed by atoms with van der Waals surface area (Å²) in [4.78, 5) is 18.0. The van der Waals surface area contributed by atoms with Crippen molar-refractivity contribution in [2.75, 3.05) is 5.32 Å². The molecule has 1 atom stereocenters. The molecule has 6 heteroatoms. The highest BCUT2D eigenvalue weighted by Crippen LogP contribution is 2.45. The second-order valence-electron chi connectivity index (χ2n) is 8.48. The molecule has 1 aliphatic carbocycles. The first kappa shape index (κ1) is 18.3. The van der Waals surface area contributed by atoms with Crippen LogP contribution in [0.15, 0.2) is 70.3 Å². The Hall–Kier alpha value is -2.73. The highest BCUT2D eigenvalue weighted by molar-refractivity contribution is 9.10. The van der Waals surface area contributed by atoms with Gasteiger partial charge in [-0.25, -0.2) is 4.68 Å². The summed E-state index contributed by atoms with van der Waals surface area (Å²) in [5, 5.41) is 8.23. The molecular weight excluding hydrogens is 428 g/mol. The largest absolute Gasteiger partial charge is 0.328 e. The van der Waals surface area contributed by atoms with Crippen molar-refractivity contribution < 1.29 is 4.79 Å². The molecule has 0 radical (unpaired) electrons. The number of carbonyl (C=O) groups is 1. The monoisotopic (exact) mass is 448 g/mol. The van der Waals surface area contributed by atoms with Gasteiger partial charge in [-0.1, -0.05) is 72.2 Å². The summed E-state index contributed by atoms with van der Waals surface area (Å²) in [6, 6.07) is 17.7. The number of nitrogens with one attached hydrogen (secondary N) is 1. The van der Waals surface area contributed by atoms with Gasteiger partial charge < -0.3 is 5.32 Å². The van der Waals surface area contributed by atoms with E-state index < -0.39 is 0 Å². The number of hydrogen-bond donors (Lipinski definition) is 1. The zero-order valence-corrected chi connectivity index (χ0v) is 17.9. The van der Waals surface area contributed by atoms with Crippen LogP contribution in [0.5, 0.6) is 0 Å². The van der Waals surface area contributed by atoms with Gasteiger partial charge in [-0.15, -0.1) is 5.10 Å². The number of halogens is 1. The van der Waals surface area contributed by atoms with Crippen molar-refractivity contribution >= 4 is 27.7 Å². The number of aromatic nitrogens is 3. The van der Waals surface area contributed by atoms with Gasteiger partial charge in [0.15, 0.2) is 11.6 Å². The Morgan fingerprint density at radius 3 is 2.52 bits per heavy atom. The number of Topliss-reactive ketones (excluding diaryl/α,β-unsaturated/α-hetero) is 1. The standard InChI is InChI=1S/C23H21BrN4O/c1-23(2)12-17-19(18(29)13-23)20(14-8-10-16(24)11-9-14)28-22(25-17)26-21(27-28)15-6-4-3-5-7-15/h3-11,20H,12-13H2,1-2H3,(H,25,26,27)/t20-/m1/s1. The summed E-state index contributed by atoms with van der Waals surface area (Å²) < 4.78 is 2.87. The molecule has 5 rings (SSSR count). The van der Waals surface area contributed by atoms with Crippen molar-refractivity contribution in [1.29, 1.82) is 0 Å². The van der Waals surface area contributed by atoms with Crippen molar-refractivity contribution in [1.82, 2.24) is 14.8 Å². The number of benzene rings is 2. The Kier molecular flexibility index (Phi) is 4.21. The number of rotatable bonds is 2. The molecule has 0 amide bonds. The number of ketones is 1. The number of hydrogen-bond acceptors (Lipinski definition) is 4. The van der Waals surface area contributed by atoms with E-state index in [4.69, 9.17) is 10.1 Å². The van der Waals surface area contributed by atoms with Crippen molar-refractivity contribution in [2.24, 2.45) is 5.41 Å². The van der Waals surface area contributed by atoms with Gasteiger partial charge in [-0.05, 0) is 29.5 Å². The molecule has 0 spiro atoms. The fourth-order valence-electron chi connectivity index (χ4n) is 4.27. The number of allylic oxidation sites excluding steroid dienone is 2. The van der Waals surface area contributed by atoms with Crippen LogP contribution in [-0.4, -0.2) is 20.5 Å². The second kappa shape index (κ2) is 6.66. The third-order valence-corrected chi connectivity index (χ3v) is 6.08. The molecule has 146 valence electrons. The Balaban J connectivity index is 1.69. The number of anilines is 1.